The maximum Gasteiger partial charge on any atom is 0.151 e. The maximum atomic E-state index is 10.8. The number of hydrogen-bond donors (Lipinski definition) is 0. The Labute approximate surface area is 112 Å². The summed E-state index contributed by atoms with van der Waals surface area (Å²) in [6.07, 6.45) is 6.86. The molecule has 0 amide bonds. The molecule has 0 aromatic carbocycles. The van der Waals surface area contributed by atoms with Crippen molar-refractivity contribution in [1.82, 2.24) is 8.61 Å². The molecule has 6 nitrogen and oxygen atoms in total. The van der Waals surface area contributed by atoms with Crippen LogP contribution >= 0.6 is 0 Å². The second-order valence-electron chi connectivity index (χ2n) is 4.26. The molecule has 0 radical (unpaired) electrons. The van der Waals surface area contributed by atoms with E-state index in [0.717, 1.165) is 0 Å². The summed E-state index contributed by atoms with van der Waals surface area (Å²) in [6, 6.07) is 0. The van der Waals surface area contributed by atoms with Gasteiger partial charge in [0.2, 0.25) is 0 Å². The fourth-order valence-corrected chi connectivity index (χ4v) is 0. The van der Waals surface area contributed by atoms with Gasteiger partial charge in [-0.1, -0.05) is 8.42 Å². The lowest BCUT2D eigenvalue weighted by atomic mass is 10.3. The summed E-state index contributed by atoms with van der Waals surface area (Å²) in [7, 11) is 0.750. The molecule has 0 spiro atoms. The lowest BCUT2D eigenvalue weighted by Crippen LogP contribution is -2.39. The van der Waals surface area contributed by atoms with Crippen LogP contribution in [0.3, 0.4) is 0 Å². The molecule has 0 aliphatic heterocycles. The SMILES string of the molecule is CN(C)[S+](C)(C)=O.CN(C)[S+](C)(C)=O.[O-]B([O-])F. The summed E-state index contributed by atoms with van der Waals surface area (Å²) in [6.45, 7) is 0. The third kappa shape index (κ3) is 25.1. The molecule has 0 saturated heterocycles. The van der Waals surface area contributed by atoms with Crippen LogP contribution in [-0.2, 0) is 28.7 Å². The zero-order valence-corrected chi connectivity index (χ0v) is 13.9. The van der Waals surface area contributed by atoms with E-state index in [-0.39, 0.29) is 0 Å². The Balaban J connectivity index is -0.000000196. The Morgan fingerprint density at radius 2 is 0.889 bits per heavy atom. The second kappa shape index (κ2) is 9.99. The van der Waals surface area contributed by atoms with Gasteiger partial charge in [-0.2, -0.15) is 0 Å². The van der Waals surface area contributed by atoms with Gasteiger partial charge < -0.3 is 14.4 Å². The zero-order chi connectivity index (χ0) is 15.7. The van der Waals surface area contributed by atoms with Gasteiger partial charge in [0.25, 0.3) is 0 Å². The highest BCUT2D eigenvalue weighted by atomic mass is 32.3. The van der Waals surface area contributed by atoms with E-state index in [0.29, 0.717) is 0 Å². The molecule has 0 heterocycles. The Hall–Kier alpha value is 0.135. The molecule has 0 atom stereocenters. The third-order valence-corrected chi connectivity index (χ3v) is 5.28. The molecule has 0 aliphatic rings. The average molecular weight is 306 g/mol. The van der Waals surface area contributed by atoms with Gasteiger partial charge in [0.1, 0.15) is 32.4 Å². The van der Waals surface area contributed by atoms with Crippen LogP contribution < -0.4 is 10.0 Å². The van der Waals surface area contributed by atoms with Crippen LogP contribution in [0.15, 0.2) is 0 Å². The van der Waals surface area contributed by atoms with Crippen molar-refractivity contribution in [2.24, 2.45) is 0 Å². The first kappa shape index (κ1) is 23.2. The first-order valence-corrected chi connectivity index (χ1v) is 9.47. The van der Waals surface area contributed by atoms with Crippen molar-refractivity contribution in [2.45, 2.75) is 0 Å². The lowest BCUT2D eigenvalue weighted by Gasteiger charge is -2.09. The summed E-state index contributed by atoms with van der Waals surface area (Å²) in [4.78, 5) is 0. The van der Waals surface area contributed by atoms with Crippen molar-refractivity contribution in [1.29, 1.82) is 0 Å². The third-order valence-electron chi connectivity index (χ3n) is 1.76. The summed E-state index contributed by atoms with van der Waals surface area (Å²) in [5, 5.41) is 16.6. The molecular weight excluding hydrogens is 282 g/mol. The second-order valence-corrected chi connectivity index (χ2v) is 10.4. The molecule has 10 heteroatoms. The van der Waals surface area contributed by atoms with Crippen LogP contribution in [0, 0.1) is 0 Å². The highest BCUT2D eigenvalue weighted by molar-refractivity contribution is 7.99. The van der Waals surface area contributed by atoms with Gasteiger partial charge >= 0.3 is 0 Å². The molecule has 0 bridgehead atoms. The molecule has 18 heavy (non-hydrogen) atoms. The molecule has 0 saturated carbocycles. The van der Waals surface area contributed by atoms with Crippen molar-refractivity contribution in [3.63, 3.8) is 0 Å². The smallest absolute Gasteiger partial charge is 0.151 e. The maximum absolute atomic E-state index is 10.8. The van der Waals surface area contributed by atoms with E-state index in [2.05, 4.69) is 0 Å². The van der Waals surface area contributed by atoms with Crippen LogP contribution in [0.5, 0.6) is 0 Å². The molecule has 0 aromatic heterocycles. The van der Waals surface area contributed by atoms with Crippen molar-refractivity contribution >= 4 is 27.6 Å². The van der Waals surface area contributed by atoms with Crippen LogP contribution in [0.1, 0.15) is 0 Å². The predicted molar refractivity (Wildman–Crippen MR) is 74.0 cm³/mol. The minimum atomic E-state index is -3.17. The van der Waals surface area contributed by atoms with Crippen molar-refractivity contribution in [2.75, 3.05) is 53.2 Å². The molecular formula is C8H24BFN2O4S2. The zero-order valence-electron chi connectivity index (χ0n) is 12.3. The quantitative estimate of drug-likeness (QED) is 0.441. The molecule has 0 fully saturated rings. The Morgan fingerprint density at radius 3 is 0.889 bits per heavy atom. The van der Waals surface area contributed by atoms with Crippen LogP contribution in [-0.4, -0.2) is 69.2 Å². The summed E-state index contributed by atoms with van der Waals surface area (Å²) in [5.41, 5.74) is 0. The highest BCUT2D eigenvalue weighted by Crippen LogP contribution is 1.94. The first-order valence-electron chi connectivity index (χ1n) is 4.81. The van der Waals surface area contributed by atoms with Gasteiger partial charge in [0.05, 0.1) is 0 Å². The molecule has 0 aliphatic carbocycles. The topological polar surface area (TPSA) is 86.7 Å². The average Bonchev–Trinajstić information content (AvgIpc) is 1.99. The summed E-state index contributed by atoms with van der Waals surface area (Å²) < 4.78 is 34.9. The number of halogens is 1. The van der Waals surface area contributed by atoms with Crippen LogP contribution in [0.2, 0.25) is 0 Å². The minimum Gasteiger partial charge on any atom is -0.867 e. The minimum absolute atomic E-state index is 1.66. The number of nitrogens with zero attached hydrogens (tertiary/aromatic N) is 2. The van der Waals surface area contributed by atoms with Crippen molar-refractivity contribution in [3.05, 3.63) is 0 Å². The first-order chi connectivity index (χ1) is 7.62. The largest absolute Gasteiger partial charge is 0.867 e. The van der Waals surface area contributed by atoms with E-state index in [9.17, 15) is 12.7 Å². The van der Waals surface area contributed by atoms with Crippen LogP contribution in [0.4, 0.5) is 4.32 Å². The van der Waals surface area contributed by atoms with E-state index >= 15 is 0 Å². The monoisotopic (exact) mass is 306 g/mol. The fraction of sp³-hybridized carbons (Fsp3) is 1.00. The van der Waals surface area contributed by atoms with E-state index in [1.807, 2.05) is 28.2 Å². The molecule has 112 valence electrons. The van der Waals surface area contributed by atoms with Gasteiger partial charge in [-0.05, 0) is 0 Å². The van der Waals surface area contributed by atoms with E-state index in [1.165, 1.54) is 0 Å². The predicted octanol–water partition coefficient (Wildman–Crippen LogP) is -1.89. The van der Waals surface area contributed by atoms with E-state index < -0.39 is 27.6 Å². The Bertz CT molecular complexity index is 262. The summed E-state index contributed by atoms with van der Waals surface area (Å²) in [5.74, 6) is 0. The van der Waals surface area contributed by atoms with E-state index in [1.54, 1.807) is 33.6 Å². The normalized spacial score (nSPS) is 11.4. The van der Waals surface area contributed by atoms with Gasteiger partial charge in [-0.3, -0.25) is 0 Å². The Kier molecular flexibility index (Phi) is 12.9. The molecule has 0 unspecified atom stereocenters. The number of hydrogen-bond acceptors (Lipinski definition) is 4. The lowest BCUT2D eigenvalue weighted by molar-refractivity contribution is -0.366. The van der Waals surface area contributed by atoms with Gasteiger partial charge in [0, 0.05) is 28.2 Å². The van der Waals surface area contributed by atoms with Crippen molar-refractivity contribution in [3.8, 4) is 0 Å². The highest BCUT2D eigenvalue weighted by Gasteiger charge is 2.14. The number of rotatable bonds is 2. The molecule has 0 rings (SSSR count). The summed E-state index contributed by atoms with van der Waals surface area (Å²) >= 11 is 0. The van der Waals surface area contributed by atoms with Gasteiger partial charge in [-0.25, -0.2) is 0 Å². The van der Waals surface area contributed by atoms with Crippen LogP contribution in [0.25, 0.3) is 0 Å². The fourth-order valence-electron chi connectivity index (χ4n) is 0. The molecule has 0 N–H and O–H groups in total. The van der Waals surface area contributed by atoms with Gasteiger partial charge in [0.15, 0.2) is 20.2 Å². The Morgan fingerprint density at radius 1 is 0.833 bits per heavy atom. The van der Waals surface area contributed by atoms with Crippen molar-refractivity contribution < 1.29 is 22.8 Å². The molecule has 0 aromatic rings. The standard InChI is InChI=1S/2C4H12NOS.BFO2/c2*1-5(2)7(3,4)6;2-1(3)4/h2*1-4H3;/q2*+1;-2. The van der Waals surface area contributed by atoms with Gasteiger partial charge in [-0.15, -0.1) is 8.61 Å². The van der Waals surface area contributed by atoms with E-state index in [4.69, 9.17) is 10.0 Å².